The number of hydrogen-bond acceptors (Lipinski definition) is 4. The molecule has 114 valence electrons. The Hall–Kier alpha value is -1.61. The molecule has 1 heterocycles. The Morgan fingerprint density at radius 1 is 1.27 bits per heavy atom. The Morgan fingerprint density at radius 2 is 2.05 bits per heavy atom. The van der Waals surface area contributed by atoms with Crippen LogP contribution in [0.4, 0.5) is 5.69 Å². The molecule has 0 atom stereocenters. The number of benzene rings is 1. The number of furan rings is 1. The highest BCUT2D eigenvalue weighted by Crippen LogP contribution is 2.17. The summed E-state index contributed by atoms with van der Waals surface area (Å²) in [6.07, 6.45) is 2.66. The van der Waals surface area contributed by atoms with Crippen LogP contribution < -0.4 is 5.32 Å². The molecule has 0 spiro atoms. The first-order valence-electron chi connectivity index (χ1n) is 6.19. The van der Waals surface area contributed by atoms with Crippen LogP contribution in [0.15, 0.2) is 51.6 Å². The normalized spacial score (nSPS) is 10.6. The Labute approximate surface area is 149 Å². The highest BCUT2D eigenvalue weighted by molar-refractivity contribution is 14.1. The number of amides is 1. The predicted molar refractivity (Wildman–Crippen MR) is 94.2 cm³/mol. The number of esters is 1. The molecule has 22 heavy (non-hydrogen) atoms. The van der Waals surface area contributed by atoms with Crippen LogP contribution in [0.1, 0.15) is 5.76 Å². The number of hydrogen-bond donors (Lipinski definition) is 1. The molecule has 0 fully saturated rings. The first kappa shape index (κ1) is 16.8. The Morgan fingerprint density at radius 3 is 2.73 bits per heavy atom. The molecule has 5 nitrogen and oxygen atoms in total. The second-order valence-electron chi connectivity index (χ2n) is 4.11. The fourth-order valence-corrected chi connectivity index (χ4v) is 2.34. The van der Waals surface area contributed by atoms with E-state index < -0.39 is 11.9 Å². The summed E-state index contributed by atoms with van der Waals surface area (Å²) in [5, 5.41) is 2.67. The van der Waals surface area contributed by atoms with Crippen LogP contribution in [-0.4, -0.2) is 18.5 Å². The maximum Gasteiger partial charge on any atom is 0.331 e. The van der Waals surface area contributed by atoms with Gasteiger partial charge in [0.2, 0.25) is 0 Å². The van der Waals surface area contributed by atoms with E-state index >= 15 is 0 Å². The van der Waals surface area contributed by atoms with Gasteiger partial charge in [0.1, 0.15) is 5.76 Å². The van der Waals surface area contributed by atoms with E-state index in [1.165, 1.54) is 12.2 Å². The summed E-state index contributed by atoms with van der Waals surface area (Å²) in [5.41, 5.74) is 0.681. The number of rotatable bonds is 5. The third-order valence-electron chi connectivity index (χ3n) is 2.47. The minimum atomic E-state index is -0.620. The number of para-hydroxylation sites is 1. The van der Waals surface area contributed by atoms with E-state index in [-0.39, 0.29) is 6.61 Å². The summed E-state index contributed by atoms with van der Waals surface area (Å²) in [6, 6.07) is 10.7. The first-order valence-corrected chi connectivity index (χ1v) is 8.06. The van der Waals surface area contributed by atoms with Crippen molar-refractivity contribution in [3.63, 3.8) is 0 Å². The molecular formula is C15H11BrINO4. The highest BCUT2D eigenvalue weighted by Gasteiger charge is 2.07. The largest absolute Gasteiger partial charge is 0.452 e. The van der Waals surface area contributed by atoms with Crippen molar-refractivity contribution in [2.24, 2.45) is 0 Å². The number of nitrogens with one attached hydrogen (secondary N) is 1. The van der Waals surface area contributed by atoms with Crippen LogP contribution in [0.2, 0.25) is 0 Å². The zero-order chi connectivity index (χ0) is 15.9. The zero-order valence-corrected chi connectivity index (χ0v) is 15.0. The number of ether oxygens (including phenoxy) is 1. The number of carbonyl (C=O) groups excluding carboxylic acids is 2. The summed E-state index contributed by atoms with van der Waals surface area (Å²) in [5.74, 6) is -0.510. The lowest BCUT2D eigenvalue weighted by molar-refractivity contribution is -0.142. The van der Waals surface area contributed by atoms with Crippen molar-refractivity contribution in [1.82, 2.24) is 0 Å². The van der Waals surface area contributed by atoms with Gasteiger partial charge < -0.3 is 14.5 Å². The number of anilines is 1. The molecule has 2 rings (SSSR count). The molecular weight excluding hydrogens is 465 g/mol. The van der Waals surface area contributed by atoms with E-state index in [2.05, 4.69) is 43.8 Å². The van der Waals surface area contributed by atoms with Gasteiger partial charge in [-0.2, -0.15) is 0 Å². The molecule has 2 aromatic rings. The topological polar surface area (TPSA) is 68.5 Å². The van der Waals surface area contributed by atoms with E-state index in [1.54, 1.807) is 18.2 Å². The molecule has 0 aliphatic rings. The molecule has 0 radical (unpaired) electrons. The van der Waals surface area contributed by atoms with Crippen molar-refractivity contribution in [2.45, 2.75) is 0 Å². The average molecular weight is 476 g/mol. The predicted octanol–water partition coefficient (Wildman–Crippen LogP) is 3.84. The molecule has 1 N–H and O–H groups in total. The molecule has 0 saturated carbocycles. The lowest BCUT2D eigenvalue weighted by atomic mass is 10.3. The van der Waals surface area contributed by atoms with Crippen LogP contribution in [0.3, 0.4) is 0 Å². The standard InChI is InChI=1S/C15H11BrINO4/c16-13-7-5-10(22-13)6-8-15(20)21-9-14(19)18-12-4-2-1-3-11(12)17/h1-8H,9H2,(H,18,19)/b8-6+. The molecule has 0 bridgehead atoms. The number of halogens is 2. The van der Waals surface area contributed by atoms with E-state index in [0.29, 0.717) is 16.1 Å². The molecule has 1 aromatic heterocycles. The van der Waals surface area contributed by atoms with Crippen molar-refractivity contribution < 1.29 is 18.7 Å². The number of carbonyl (C=O) groups is 2. The Balaban J connectivity index is 1.80. The molecule has 0 aliphatic carbocycles. The van der Waals surface area contributed by atoms with Gasteiger partial charge in [-0.3, -0.25) is 4.79 Å². The van der Waals surface area contributed by atoms with Crippen molar-refractivity contribution >= 4 is 62.2 Å². The maximum atomic E-state index is 11.7. The second kappa shape index (κ2) is 8.14. The summed E-state index contributed by atoms with van der Waals surface area (Å²) in [4.78, 5) is 23.2. The third-order valence-corrected chi connectivity index (χ3v) is 3.84. The molecule has 0 saturated heterocycles. The molecule has 0 aliphatic heterocycles. The van der Waals surface area contributed by atoms with Gasteiger partial charge in [0.25, 0.3) is 5.91 Å². The van der Waals surface area contributed by atoms with Gasteiger partial charge in [-0.25, -0.2) is 4.79 Å². The SMILES string of the molecule is O=C(COC(=O)/C=C/c1ccc(Br)o1)Nc1ccccc1I. The molecule has 1 aromatic carbocycles. The zero-order valence-electron chi connectivity index (χ0n) is 11.2. The minimum absolute atomic E-state index is 0.351. The minimum Gasteiger partial charge on any atom is -0.452 e. The summed E-state index contributed by atoms with van der Waals surface area (Å²) in [7, 11) is 0. The van der Waals surface area contributed by atoms with Gasteiger partial charge in [0, 0.05) is 9.65 Å². The monoisotopic (exact) mass is 475 g/mol. The summed E-state index contributed by atoms with van der Waals surface area (Å²) in [6.45, 7) is -0.351. The van der Waals surface area contributed by atoms with Gasteiger partial charge in [-0.1, -0.05) is 12.1 Å². The van der Waals surface area contributed by atoms with Crippen LogP contribution in [0, 0.1) is 3.57 Å². The van der Waals surface area contributed by atoms with Gasteiger partial charge >= 0.3 is 5.97 Å². The third kappa shape index (κ3) is 5.30. The Bertz CT molecular complexity index is 711. The first-order chi connectivity index (χ1) is 10.5. The summed E-state index contributed by atoms with van der Waals surface area (Å²) < 4.78 is 11.5. The second-order valence-corrected chi connectivity index (χ2v) is 6.05. The smallest absolute Gasteiger partial charge is 0.331 e. The van der Waals surface area contributed by atoms with Crippen molar-refractivity contribution in [3.8, 4) is 0 Å². The van der Waals surface area contributed by atoms with E-state index in [9.17, 15) is 9.59 Å². The van der Waals surface area contributed by atoms with Gasteiger partial charge in [-0.15, -0.1) is 0 Å². The van der Waals surface area contributed by atoms with Crippen molar-refractivity contribution in [3.05, 3.63) is 56.5 Å². The fraction of sp³-hybridized carbons (Fsp3) is 0.0667. The van der Waals surface area contributed by atoms with E-state index in [1.807, 2.05) is 18.2 Å². The lowest BCUT2D eigenvalue weighted by Gasteiger charge is -2.06. The van der Waals surface area contributed by atoms with E-state index in [4.69, 9.17) is 9.15 Å². The van der Waals surface area contributed by atoms with Crippen LogP contribution >= 0.6 is 38.5 Å². The van der Waals surface area contributed by atoms with Crippen LogP contribution in [0.5, 0.6) is 0 Å². The van der Waals surface area contributed by atoms with Crippen molar-refractivity contribution in [2.75, 3.05) is 11.9 Å². The van der Waals surface area contributed by atoms with Gasteiger partial charge in [-0.05, 0) is 68.9 Å². The molecule has 7 heteroatoms. The molecule has 1 amide bonds. The van der Waals surface area contributed by atoms with Crippen molar-refractivity contribution in [1.29, 1.82) is 0 Å². The molecule has 0 unspecified atom stereocenters. The van der Waals surface area contributed by atoms with Crippen LogP contribution in [0.25, 0.3) is 6.08 Å². The average Bonchev–Trinajstić information content (AvgIpc) is 2.91. The fourth-order valence-electron chi connectivity index (χ4n) is 1.50. The maximum absolute atomic E-state index is 11.7. The van der Waals surface area contributed by atoms with Crippen LogP contribution in [-0.2, 0) is 14.3 Å². The quantitative estimate of drug-likeness (QED) is 0.405. The van der Waals surface area contributed by atoms with E-state index in [0.717, 1.165) is 3.57 Å². The Kier molecular flexibility index (Phi) is 6.20. The van der Waals surface area contributed by atoms with Gasteiger partial charge in [0.05, 0.1) is 5.69 Å². The summed E-state index contributed by atoms with van der Waals surface area (Å²) >= 11 is 5.27. The van der Waals surface area contributed by atoms with Gasteiger partial charge in [0.15, 0.2) is 11.3 Å². The highest BCUT2D eigenvalue weighted by atomic mass is 127. The lowest BCUT2D eigenvalue weighted by Crippen LogP contribution is -2.20.